The summed E-state index contributed by atoms with van der Waals surface area (Å²) in [5.74, 6) is 1.33. The van der Waals surface area contributed by atoms with Crippen LogP contribution in [0.25, 0.3) is 21.3 Å². The first-order chi connectivity index (χ1) is 17.5. The highest BCUT2D eigenvalue weighted by Gasteiger charge is 2.22. The highest BCUT2D eigenvalue weighted by atomic mass is 32.1. The Labute approximate surface area is 210 Å². The minimum Gasteiger partial charge on any atom is -0.493 e. The van der Waals surface area contributed by atoms with Crippen molar-refractivity contribution in [2.24, 2.45) is 0 Å². The average Bonchev–Trinajstić information content (AvgIpc) is 3.35. The zero-order valence-corrected chi connectivity index (χ0v) is 20.8. The Kier molecular flexibility index (Phi) is 6.62. The number of carbonyl (C=O) groups excluding carboxylic acids is 1. The van der Waals surface area contributed by atoms with Crippen molar-refractivity contribution in [3.8, 4) is 28.4 Å². The number of carbonyl (C=O) groups is 1. The second-order valence-electron chi connectivity index (χ2n) is 8.03. The predicted octanol–water partition coefficient (Wildman–Crippen LogP) is 4.23. The summed E-state index contributed by atoms with van der Waals surface area (Å²) in [5.41, 5.74) is 3.15. The van der Waals surface area contributed by atoms with E-state index in [1.54, 1.807) is 39.3 Å². The number of hydrogen-bond donors (Lipinski definition) is 0. The summed E-state index contributed by atoms with van der Waals surface area (Å²) in [7, 11) is 3.14. The van der Waals surface area contributed by atoms with E-state index in [0.29, 0.717) is 45.2 Å². The summed E-state index contributed by atoms with van der Waals surface area (Å²) in [5, 5.41) is 2.42. The van der Waals surface area contributed by atoms with Crippen LogP contribution in [0.2, 0.25) is 0 Å². The molecule has 0 N–H and O–H groups in total. The van der Waals surface area contributed by atoms with Crippen LogP contribution in [0.5, 0.6) is 17.2 Å². The second-order valence-corrected chi connectivity index (χ2v) is 8.89. The zero-order chi connectivity index (χ0) is 25.2. The maximum atomic E-state index is 13.7. The van der Waals surface area contributed by atoms with Gasteiger partial charge in [-0.25, -0.2) is 9.78 Å². The van der Waals surface area contributed by atoms with Gasteiger partial charge in [0.2, 0.25) is 0 Å². The number of ether oxygens (including phenoxy) is 5. The maximum Gasteiger partial charge on any atom is 0.338 e. The molecule has 9 nitrogen and oxygen atoms in total. The van der Waals surface area contributed by atoms with Gasteiger partial charge in [-0.3, -0.25) is 9.36 Å². The fourth-order valence-corrected chi connectivity index (χ4v) is 5.14. The summed E-state index contributed by atoms with van der Waals surface area (Å²) in [4.78, 5) is 31.3. The molecule has 4 aromatic rings. The van der Waals surface area contributed by atoms with Crippen molar-refractivity contribution in [3.63, 3.8) is 0 Å². The summed E-state index contributed by atoms with van der Waals surface area (Å²) in [6.07, 6.45) is 1.52. The molecule has 2 aromatic heterocycles. The van der Waals surface area contributed by atoms with Crippen LogP contribution < -0.4 is 19.8 Å². The van der Waals surface area contributed by atoms with Crippen LogP contribution in [0.1, 0.15) is 28.4 Å². The van der Waals surface area contributed by atoms with Gasteiger partial charge in [-0.15, -0.1) is 11.3 Å². The number of fused-ring (bicyclic) bond motifs is 2. The predicted molar refractivity (Wildman–Crippen MR) is 134 cm³/mol. The third-order valence-corrected chi connectivity index (χ3v) is 6.78. The first kappa shape index (κ1) is 23.8. The number of nitrogens with zero attached hydrogens (tertiary/aromatic N) is 2. The molecule has 1 aliphatic rings. The number of benzene rings is 2. The van der Waals surface area contributed by atoms with Crippen LogP contribution in [0.15, 0.2) is 46.8 Å². The molecule has 0 saturated heterocycles. The Bertz CT molecular complexity index is 1510. The fourth-order valence-electron chi connectivity index (χ4n) is 4.23. The molecule has 0 radical (unpaired) electrons. The minimum absolute atomic E-state index is 0.0961. The van der Waals surface area contributed by atoms with E-state index in [1.807, 2.05) is 17.5 Å². The van der Waals surface area contributed by atoms with Crippen LogP contribution in [-0.4, -0.2) is 43.1 Å². The molecule has 186 valence electrons. The lowest BCUT2D eigenvalue weighted by Crippen LogP contribution is -2.23. The van der Waals surface area contributed by atoms with Gasteiger partial charge >= 0.3 is 5.97 Å². The smallest absolute Gasteiger partial charge is 0.338 e. The van der Waals surface area contributed by atoms with Gasteiger partial charge in [-0.2, -0.15) is 0 Å². The van der Waals surface area contributed by atoms with E-state index in [0.717, 1.165) is 16.7 Å². The second kappa shape index (κ2) is 10.00. The summed E-state index contributed by atoms with van der Waals surface area (Å²) in [6, 6.07) is 8.92. The molecule has 0 spiro atoms. The van der Waals surface area contributed by atoms with Crippen LogP contribution in [0, 0.1) is 0 Å². The van der Waals surface area contributed by atoms with E-state index in [1.165, 1.54) is 22.2 Å². The highest BCUT2D eigenvalue weighted by molar-refractivity contribution is 7.17. The van der Waals surface area contributed by atoms with Crippen molar-refractivity contribution in [1.29, 1.82) is 0 Å². The van der Waals surface area contributed by atoms with E-state index >= 15 is 0 Å². The van der Waals surface area contributed by atoms with Gasteiger partial charge in [0.1, 0.15) is 10.6 Å². The van der Waals surface area contributed by atoms with Crippen molar-refractivity contribution in [2.75, 3.05) is 27.6 Å². The standard InChI is InChI=1S/C26H24N2O7S/c1-4-34-26(30)16-7-17(23-18(8-16)11-33-14-35-23)10-28-13-27-24-22(25(28)29)19(12-36-24)15-5-6-20(31-2)21(9-15)32-3/h5-9,12-13H,4,10-11,14H2,1-3H3. The maximum absolute atomic E-state index is 13.7. The first-order valence-corrected chi connectivity index (χ1v) is 12.1. The van der Waals surface area contributed by atoms with E-state index in [4.69, 9.17) is 23.7 Å². The van der Waals surface area contributed by atoms with E-state index in [2.05, 4.69) is 4.98 Å². The number of thiophene rings is 1. The first-order valence-electron chi connectivity index (χ1n) is 11.3. The average molecular weight is 509 g/mol. The number of hydrogen-bond acceptors (Lipinski definition) is 9. The molecule has 1 aliphatic heterocycles. The molecule has 5 rings (SSSR count). The van der Waals surface area contributed by atoms with Crippen LogP contribution >= 0.6 is 11.3 Å². The fraction of sp³-hybridized carbons (Fsp3) is 0.269. The summed E-state index contributed by atoms with van der Waals surface area (Å²) >= 11 is 1.40. The molecule has 0 bridgehead atoms. The molecule has 0 amide bonds. The van der Waals surface area contributed by atoms with Gasteiger partial charge in [0.15, 0.2) is 18.3 Å². The van der Waals surface area contributed by atoms with E-state index < -0.39 is 5.97 Å². The zero-order valence-electron chi connectivity index (χ0n) is 20.0. The Balaban J connectivity index is 1.59. The van der Waals surface area contributed by atoms with E-state index in [9.17, 15) is 9.59 Å². The van der Waals surface area contributed by atoms with Crippen molar-refractivity contribution in [2.45, 2.75) is 20.1 Å². The molecule has 36 heavy (non-hydrogen) atoms. The number of esters is 1. The van der Waals surface area contributed by atoms with Gasteiger partial charge in [-0.1, -0.05) is 6.07 Å². The molecular formula is C26H24N2O7S. The summed E-state index contributed by atoms with van der Waals surface area (Å²) in [6.45, 7) is 2.57. The molecule has 3 heterocycles. The van der Waals surface area contributed by atoms with Gasteiger partial charge < -0.3 is 23.7 Å². The quantitative estimate of drug-likeness (QED) is 0.342. The Hall–Kier alpha value is -3.89. The molecule has 0 fully saturated rings. The van der Waals surface area contributed by atoms with Gasteiger partial charge in [0.05, 0.1) is 51.3 Å². The van der Waals surface area contributed by atoms with Crippen molar-refractivity contribution in [1.82, 2.24) is 9.55 Å². The van der Waals surface area contributed by atoms with Crippen LogP contribution in [-0.2, 0) is 22.6 Å². The lowest BCUT2D eigenvalue weighted by molar-refractivity contribution is -0.0171. The molecule has 0 atom stereocenters. The lowest BCUT2D eigenvalue weighted by atomic mass is 10.0. The van der Waals surface area contributed by atoms with Crippen LogP contribution in [0.3, 0.4) is 0 Å². The normalized spacial score (nSPS) is 12.6. The monoisotopic (exact) mass is 508 g/mol. The number of methoxy groups -OCH3 is 2. The molecule has 0 aliphatic carbocycles. The Morgan fingerprint density at radius 3 is 2.78 bits per heavy atom. The minimum atomic E-state index is -0.443. The third-order valence-electron chi connectivity index (χ3n) is 5.89. The highest BCUT2D eigenvalue weighted by Crippen LogP contribution is 2.37. The Morgan fingerprint density at radius 2 is 2.00 bits per heavy atom. The largest absolute Gasteiger partial charge is 0.493 e. The van der Waals surface area contributed by atoms with E-state index in [-0.39, 0.29) is 25.5 Å². The van der Waals surface area contributed by atoms with Crippen molar-refractivity contribution >= 4 is 27.5 Å². The van der Waals surface area contributed by atoms with Crippen molar-refractivity contribution in [3.05, 3.63) is 69.1 Å². The van der Waals surface area contributed by atoms with Gasteiger partial charge in [0, 0.05) is 22.1 Å². The topological polar surface area (TPSA) is 98.1 Å². The molecule has 0 unspecified atom stereocenters. The van der Waals surface area contributed by atoms with Crippen LogP contribution in [0.4, 0.5) is 0 Å². The molecule has 10 heteroatoms. The lowest BCUT2D eigenvalue weighted by Gasteiger charge is -2.22. The SMILES string of the molecule is CCOC(=O)c1cc2c(c(Cn3cnc4scc(-c5ccc(OC)c(OC)c5)c4c3=O)c1)OCOC2. The summed E-state index contributed by atoms with van der Waals surface area (Å²) < 4.78 is 28.6. The molecular weight excluding hydrogens is 484 g/mol. The Morgan fingerprint density at radius 1 is 1.17 bits per heavy atom. The number of aromatic nitrogens is 2. The van der Waals surface area contributed by atoms with Crippen molar-refractivity contribution < 1.29 is 28.5 Å². The van der Waals surface area contributed by atoms with Gasteiger partial charge in [0.25, 0.3) is 5.56 Å². The number of rotatable bonds is 7. The molecule has 0 saturated carbocycles. The molecule has 2 aromatic carbocycles. The third kappa shape index (κ3) is 4.29. The van der Waals surface area contributed by atoms with Gasteiger partial charge in [-0.05, 0) is 36.8 Å².